The largest absolute Gasteiger partial charge is 0.359 e. The van der Waals surface area contributed by atoms with Crippen LogP contribution in [0.2, 0.25) is 0 Å². The Bertz CT molecular complexity index is 689. The first-order chi connectivity index (χ1) is 9.19. The molecule has 1 aliphatic heterocycles. The van der Waals surface area contributed by atoms with Crippen molar-refractivity contribution in [2.75, 3.05) is 19.7 Å². The van der Waals surface area contributed by atoms with Crippen LogP contribution in [0.1, 0.15) is 0 Å². The third kappa shape index (κ3) is 2.22. The normalized spacial score (nSPS) is 20.5. The van der Waals surface area contributed by atoms with Crippen molar-refractivity contribution in [3.63, 3.8) is 0 Å². The lowest BCUT2D eigenvalue weighted by molar-refractivity contribution is 0.0785. The van der Waals surface area contributed by atoms with Crippen LogP contribution in [0.15, 0.2) is 41.6 Å². The predicted octanol–water partition coefficient (Wildman–Crippen LogP) is 0.954. The molecule has 1 N–H and O–H groups in total. The lowest BCUT2D eigenvalue weighted by atomic mass is 10.2. The Balaban J connectivity index is 2.12. The van der Waals surface area contributed by atoms with Crippen molar-refractivity contribution in [2.45, 2.75) is 10.3 Å². The van der Waals surface area contributed by atoms with Gasteiger partial charge in [-0.3, -0.25) is 4.98 Å². The molecule has 0 aliphatic carbocycles. The van der Waals surface area contributed by atoms with Crippen LogP contribution in [0.25, 0.3) is 10.8 Å². The number of pyridine rings is 1. The standard InChI is InChI=1S/C13H14N2O3S/c16-19(17,13-9-15-6-7-18-13)12-3-1-2-10-8-14-5-4-11(10)12/h1-5,8,13,15H,6-7,9H2. The summed E-state index contributed by atoms with van der Waals surface area (Å²) in [6, 6.07) is 6.92. The molecule has 2 heterocycles. The second-order valence-corrected chi connectivity index (χ2v) is 6.46. The Kier molecular flexibility index (Phi) is 3.22. The zero-order valence-electron chi connectivity index (χ0n) is 10.2. The van der Waals surface area contributed by atoms with Crippen LogP contribution in [-0.4, -0.2) is 38.5 Å². The first-order valence-electron chi connectivity index (χ1n) is 6.08. The highest BCUT2D eigenvalue weighted by molar-refractivity contribution is 7.92. The molecular weight excluding hydrogens is 264 g/mol. The maximum absolute atomic E-state index is 12.6. The van der Waals surface area contributed by atoms with Crippen LogP contribution in [-0.2, 0) is 14.6 Å². The van der Waals surface area contributed by atoms with Crippen molar-refractivity contribution >= 4 is 20.6 Å². The molecular formula is C13H14N2O3S. The van der Waals surface area contributed by atoms with Gasteiger partial charge in [0, 0.05) is 36.3 Å². The topological polar surface area (TPSA) is 68.3 Å². The van der Waals surface area contributed by atoms with Crippen LogP contribution in [0.3, 0.4) is 0 Å². The van der Waals surface area contributed by atoms with Crippen LogP contribution in [0, 0.1) is 0 Å². The highest BCUT2D eigenvalue weighted by atomic mass is 32.2. The molecule has 0 amide bonds. The summed E-state index contributed by atoms with van der Waals surface area (Å²) in [6.45, 7) is 1.42. The number of fused-ring (bicyclic) bond motifs is 1. The van der Waals surface area contributed by atoms with E-state index in [1.807, 2.05) is 6.07 Å². The number of benzene rings is 1. The molecule has 1 saturated heterocycles. The Morgan fingerprint density at radius 3 is 3.00 bits per heavy atom. The van der Waals surface area contributed by atoms with Gasteiger partial charge in [0.1, 0.15) is 0 Å². The molecule has 1 unspecified atom stereocenters. The highest BCUT2D eigenvalue weighted by Crippen LogP contribution is 2.26. The maximum atomic E-state index is 12.6. The molecule has 1 aromatic heterocycles. The molecule has 6 heteroatoms. The zero-order valence-corrected chi connectivity index (χ0v) is 11.1. The van der Waals surface area contributed by atoms with Gasteiger partial charge in [-0.1, -0.05) is 12.1 Å². The van der Waals surface area contributed by atoms with Gasteiger partial charge in [-0.25, -0.2) is 8.42 Å². The molecule has 3 rings (SSSR count). The zero-order chi connectivity index (χ0) is 13.3. The number of sulfone groups is 1. The number of aromatic nitrogens is 1. The van der Waals surface area contributed by atoms with E-state index in [0.717, 1.165) is 5.39 Å². The van der Waals surface area contributed by atoms with Crippen LogP contribution in [0.5, 0.6) is 0 Å². The molecule has 0 spiro atoms. The van der Waals surface area contributed by atoms with Gasteiger partial charge in [0.05, 0.1) is 11.5 Å². The van der Waals surface area contributed by atoms with Gasteiger partial charge in [0.15, 0.2) is 5.44 Å². The van der Waals surface area contributed by atoms with E-state index in [1.165, 1.54) is 0 Å². The van der Waals surface area contributed by atoms with E-state index in [4.69, 9.17) is 4.74 Å². The second kappa shape index (κ2) is 4.88. The molecule has 1 aromatic carbocycles. The molecule has 5 nitrogen and oxygen atoms in total. The predicted molar refractivity (Wildman–Crippen MR) is 71.5 cm³/mol. The fraction of sp³-hybridized carbons (Fsp3) is 0.308. The van der Waals surface area contributed by atoms with Crippen molar-refractivity contribution in [1.82, 2.24) is 10.3 Å². The number of morpholine rings is 1. The highest BCUT2D eigenvalue weighted by Gasteiger charge is 2.31. The lowest BCUT2D eigenvalue weighted by Gasteiger charge is -2.24. The Hall–Kier alpha value is -1.50. The average molecular weight is 278 g/mol. The SMILES string of the molecule is O=S(=O)(c1cccc2cnccc12)C1CNCCO1. The van der Waals surface area contributed by atoms with Crippen LogP contribution >= 0.6 is 0 Å². The quantitative estimate of drug-likeness (QED) is 0.886. The summed E-state index contributed by atoms with van der Waals surface area (Å²) in [6.07, 6.45) is 3.26. The van der Waals surface area contributed by atoms with Gasteiger partial charge in [0.2, 0.25) is 9.84 Å². The molecule has 1 aliphatic rings. The number of hydrogen-bond donors (Lipinski definition) is 1. The summed E-state index contributed by atoms with van der Waals surface area (Å²) in [5.74, 6) is 0. The van der Waals surface area contributed by atoms with Crippen molar-refractivity contribution < 1.29 is 13.2 Å². The summed E-state index contributed by atoms with van der Waals surface area (Å²) in [7, 11) is -3.50. The number of nitrogens with zero attached hydrogens (tertiary/aromatic N) is 1. The number of nitrogens with one attached hydrogen (secondary N) is 1. The van der Waals surface area contributed by atoms with Gasteiger partial charge >= 0.3 is 0 Å². The minimum Gasteiger partial charge on any atom is -0.359 e. The van der Waals surface area contributed by atoms with E-state index < -0.39 is 15.3 Å². The van der Waals surface area contributed by atoms with Crippen molar-refractivity contribution in [3.05, 3.63) is 36.7 Å². The van der Waals surface area contributed by atoms with E-state index in [-0.39, 0.29) is 0 Å². The number of ether oxygens (including phenoxy) is 1. The van der Waals surface area contributed by atoms with Crippen LogP contribution in [0.4, 0.5) is 0 Å². The molecule has 19 heavy (non-hydrogen) atoms. The third-order valence-electron chi connectivity index (χ3n) is 3.19. The first-order valence-corrected chi connectivity index (χ1v) is 7.63. The number of rotatable bonds is 2. The molecule has 1 atom stereocenters. The van der Waals surface area contributed by atoms with E-state index >= 15 is 0 Å². The lowest BCUT2D eigenvalue weighted by Crippen LogP contribution is -2.43. The summed E-state index contributed by atoms with van der Waals surface area (Å²) in [5, 5.41) is 4.54. The fourth-order valence-electron chi connectivity index (χ4n) is 2.22. The molecule has 0 saturated carbocycles. The minimum atomic E-state index is -3.50. The minimum absolute atomic E-state index is 0.307. The van der Waals surface area contributed by atoms with E-state index in [0.29, 0.717) is 30.0 Å². The smallest absolute Gasteiger partial charge is 0.207 e. The third-order valence-corrected chi connectivity index (χ3v) is 5.15. The van der Waals surface area contributed by atoms with Crippen molar-refractivity contribution in [2.24, 2.45) is 0 Å². The van der Waals surface area contributed by atoms with Gasteiger partial charge < -0.3 is 10.1 Å². The average Bonchev–Trinajstić information content (AvgIpc) is 2.47. The van der Waals surface area contributed by atoms with E-state index in [1.54, 1.807) is 30.6 Å². The fourth-order valence-corrected chi connectivity index (χ4v) is 3.88. The summed E-state index contributed by atoms with van der Waals surface area (Å²) in [4.78, 5) is 4.32. The molecule has 1 fully saturated rings. The van der Waals surface area contributed by atoms with E-state index in [2.05, 4.69) is 10.3 Å². The van der Waals surface area contributed by atoms with Gasteiger partial charge in [-0.2, -0.15) is 0 Å². The van der Waals surface area contributed by atoms with E-state index in [9.17, 15) is 8.42 Å². The summed E-state index contributed by atoms with van der Waals surface area (Å²) in [5.41, 5.74) is -0.819. The summed E-state index contributed by atoms with van der Waals surface area (Å²) < 4.78 is 30.6. The second-order valence-electron chi connectivity index (χ2n) is 4.40. The molecule has 100 valence electrons. The van der Waals surface area contributed by atoms with Crippen LogP contribution < -0.4 is 5.32 Å². The summed E-state index contributed by atoms with van der Waals surface area (Å²) >= 11 is 0. The Labute approximate surface area is 111 Å². The van der Waals surface area contributed by atoms with Gasteiger partial charge in [0.25, 0.3) is 0 Å². The molecule has 0 bridgehead atoms. The Morgan fingerprint density at radius 2 is 2.21 bits per heavy atom. The van der Waals surface area contributed by atoms with Crippen molar-refractivity contribution in [3.8, 4) is 0 Å². The maximum Gasteiger partial charge on any atom is 0.207 e. The van der Waals surface area contributed by atoms with Gasteiger partial charge in [-0.15, -0.1) is 0 Å². The number of hydrogen-bond acceptors (Lipinski definition) is 5. The monoisotopic (exact) mass is 278 g/mol. The van der Waals surface area contributed by atoms with Crippen molar-refractivity contribution in [1.29, 1.82) is 0 Å². The molecule has 0 radical (unpaired) electrons. The first kappa shape index (κ1) is 12.5. The molecule has 2 aromatic rings. The Morgan fingerprint density at radius 1 is 1.32 bits per heavy atom. The van der Waals surface area contributed by atoms with Gasteiger partial charge in [-0.05, 0) is 12.1 Å².